The van der Waals surface area contributed by atoms with Gasteiger partial charge in [0.2, 0.25) is 11.8 Å². The number of benzene rings is 1. The van der Waals surface area contributed by atoms with Crippen LogP contribution in [-0.4, -0.2) is 41.4 Å². The summed E-state index contributed by atoms with van der Waals surface area (Å²) in [6.45, 7) is 5.79. The fourth-order valence-corrected chi connectivity index (χ4v) is 2.55. The number of aromatic nitrogens is 2. The lowest BCUT2D eigenvalue weighted by Crippen LogP contribution is -2.25. The van der Waals surface area contributed by atoms with E-state index in [2.05, 4.69) is 10.4 Å². The fourth-order valence-electron chi connectivity index (χ4n) is 2.55. The maximum atomic E-state index is 12.3. The van der Waals surface area contributed by atoms with Crippen LogP contribution < -0.4 is 5.32 Å². The molecule has 1 heterocycles. The minimum Gasteiger partial charge on any atom is -0.382 e. The van der Waals surface area contributed by atoms with Crippen LogP contribution in [0.25, 0.3) is 10.9 Å². The quantitative estimate of drug-likeness (QED) is 0.717. The van der Waals surface area contributed by atoms with E-state index in [4.69, 9.17) is 4.74 Å². The predicted octanol–water partition coefficient (Wildman–Crippen LogP) is 2.70. The molecule has 0 atom stereocenters. The number of rotatable bonds is 9. The molecule has 1 aromatic carbocycles. The summed E-state index contributed by atoms with van der Waals surface area (Å²) < 4.78 is 6.66. The van der Waals surface area contributed by atoms with E-state index < -0.39 is 0 Å². The van der Waals surface area contributed by atoms with E-state index in [1.54, 1.807) is 0 Å². The van der Waals surface area contributed by atoms with Gasteiger partial charge in [-0.2, -0.15) is 9.78 Å². The van der Waals surface area contributed by atoms with Gasteiger partial charge in [0, 0.05) is 38.0 Å². The van der Waals surface area contributed by atoms with Gasteiger partial charge in [-0.25, -0.2) is 0 Å². The van der Waals surface area contributed by atoms with Gasteiger partial charge in [0.1, 0.15) is 0 Å². The van der Waals surface area contributed by atoms with Gasteiger partial charge in [0.15, 0.2) is 0 Å². The van der Waals surface area contributed by atoms with Crippen molar-refractivity contribution in [3.8, 4) is 0 Å². The van der Waals surface area contributed by atoms with Gasteiger partial charge in [-0.15, -0.1) is 0 Å². The summed E-state index contributed by atoms with van der Waals surface area (Å²) in [5.41, 5.74) is 1.66. The van der Waals surface area contributed by atoms with Crippen LogP contribution in [0.5, 0.6) is 0 Å². The summed E-state index contributed by atoms with van der Waals surface area (Å²) >= 11 is 0. The van der Waals surface area contributed by atoms with E-state index in [1.165, 1.54) is 4.68 Å². The number of amides is 1. The Morgan fingerprint density at radius 1 is 1.21 bits per heavy atom. The average molecular weight is 331 g/mol. The van der Waals surface area contributed by atoms with Crippen molar-refractivity contribution in [3.63, 3.8) is 0 Å². The molecule has 0 bridgehead atoms. The maximum absolute atomic E-state index is 12.3. The number of carbonyl (C=O) groups is 2. The van der Waals surface area contributed by atoms with Gasteiger partial charge < -0.3 is 10.1 Å². The topological polar surface area (TPSA) is 73.2 Å². The van der Waals surface area contributed by atoms with Crippen molar-refractivity contribution in [1.29, 1.82) is 0 Å². The molecule has 24 heavy (non-hydrogen) atoms. The minimum absolute atomic E-state index is 0.0270. The number of para-hydroxylation sites is 1. The highest BCUT2D eigenvalue weighted by Crippen LogP contribution is 2.18. The highest BCUT2D eigenvalue weighted by atomic mass is 16.5. The second-order valence-corrected chi connectivity index (χ2v) is 5.66. The molecule has 1 aromatic heterocycles. The third-order valence-electron chi connectivity index (χ3n) is 3.79. The van der Waals surface area contributed by atoms with Gasteiger partial charge in [0.05, 0.1) is 11.2 Å². The maximum Gasteiger partial charge on any atom is 0.247 e. The number of hydrogen-bond donors (Lipinski definition) is 1. The first-order valence-electron chi connectivity index (χ1n) is 8.45. The summed E-state index contributed by atoms with van der Waals surface area (Å²) in [6, 6.07) is 7.67. The monoisotopic (exact) mass is 331 g/mol. The first-order chi connectivity index (χ1) is 11.6. The molecule has 0 aliphatic heterocycles. The fraction of sp³-hybridized carbons (Fsp3) is 0.500. The summed E-state index contributed by atoms with van der Waals surface area (Å²) in [7, 11) is 0. The molecule has 0 saturated heterocycles. The summed E-state index contributed by atoms with van der Waals surface area (Å²) in [5, 5.41) is 8.14. The lowest BCUT2D eigenvalue weighted by Gasteiger charge is -2.05. The van der Waals surface area contributed by atoms with Crippen LogP contribution in [0.3, 0.4) is 0 Å². The minimum atomic E-state index is -0.0801. The molecule has 2 rings (SSSR count). The van der Waals surface area contributed by atoms with E-state index in [0.29, 0.717) is 39.0 Å². The van der Waals surface area contributed by atoms with E-state index in [0.717, 1.165) is 23.0 Å². The molecular formula is C18H25N3O3. The van der Waals surface area contributed by atoms with E-state index in [9.17, 15) is 9.59 Å². The van der Waals surface area contributed by atoms with Crippen molar-refractivity contribution in [1.82, 2.24) is 15.1 Å². The second-order valence-electron chi connectivity index (χ2n) is 5.66. The molecule has 1 amide bonds. The van der Waals surface area contributed by atoms with Gasteiger partial charge >= 0.3 is 0 Å². The third-order valence-corrected chi connectivity index (χ3v) is 3.79. The van der Waals surface area contributed by atoms with Gasteiger partial charge in [-0.05, 0) is 32.8 Å². The predicted molar refractivity (Wildman–Crippen MR) is 93.1 cm³/mol. The van der Waals surface area contributed by atoms with Crippen molar-refractivity contribution in [3.05, 3.63) is 30.0 Å². The standard InChI is InChI=1S/C18H25N3O3/c1-3-24-13-7-12-19-17(22)10-6-11-18(23)21-16-9-5-4-8-15(16)14(2)20-21/h4-5,8-9H,3,6-7,10-13H2,1-2H3,(H,19,22). The van der Waals surface area contributed by atoms with Gasteiger partial charge in [-0.3, -0.25) is 9.59 Å². The lowest BCUT2D eigenvalue weighted by atomic mass is 10.2. The van der Waals surface area contributed by atoms with Crippen LogP contribution in [0.4, 0.5) is 0 Å². The lowest BCUT2D eigenvalue weighted by molar-refractivity contribution is -0.121. The second kappa shape index (κ2) is 9.17. The highest BCUT2D eigenvalue weighted by molar-refractivity contribution is 5.92. The number of nitrogens with zero attached hydrogens (tertiary/aromatic N) is 2. The molecule has 1 N–H and O–H groups in total. The molecule has 0 radical (unpaired) electrons. The van der Waals surface area contributed by atoms with Crippen molar-refractivity contribution in [2.24, 2.45) is 0 Å². The summed E-state index contributed by atoms with van der Waals surface area (Å²) in [4.78, 5) is 24.1. The van der Waals surface area contributed by atoms with Crippen LogP contribution in [0.1, 0.15) is 43.1 Å². The summed E-state index contributed by atoms with van der Waals surface area (Å²) in [5.74, 6) is -0.107. The van der Waals surface area contributed by atoms with Crippen molar-refractivity contribution in [2.75, 3.05) is 19.8 Å². The first kappa shape index (κ1) is 18.1. The number of hydrogen-bond acceptors (Lipinski definition) is 4. The largest absolute Gasteiger partial charge is 0.382 e. The summed E-state index contributed by atoms with van der Waals surface area (Å²) in [6.07, 6.45) is 1.97. The molecule has 0 saturated carbocycles. The first-order valence-corrected chi connectivity index (χ1v) is 8.45. The van der Waals surface area contributed by atoms with Crippen molar-refractivity contribution < 1.29 is 14.3 Å². The Kier molecular flexibility index (Phi) is 6.93. The molecule has 0 fully saturated rings. The molecule has 0 aliphatic carbocycles. The number of nitrogens with one attached hydrogen (secondary N) is 1. The zero-order valence-corrected chi connectivity index (χ0v) is 14.4. The van der Waals surface area contributed by atoms with E-state index >= 15 is 0 Å². The Morgan fingerprint density at radius 3 is 2.79 bits per heavy atom. The number of carbonyl (C=O) groups excluding carboxylic acids is 2. The van der Waals surface area contributed by atoms with Crippen LogP contribution in [-0.2, 0) is 9.53 Å². The van der Waals surface area contributed by atoms with Crippen LogP contribution in [0, 0.1) is 6.92 Å². The Balaban J connectivity index is 1.76. The van der Waals surface area contributed by atoms with E-state index in [1.807, 2.05) is 38.1 Å². The molecule has 6 nitrogen and oxygen atoms in total. The highest BCUT2D eigenvalue weighted by Gasteiger charge is 2.13. The number of aryl methyl sites for hydroxylation is 1. The third kappa shape index (κ3) is 4.89. The molecule has 0 spiro atoms. The molecule has 0 unspecified atom stereocenters. The molecular weight excluding hydrogens is 306 g/mol. The smallest absolute Gasteiger partial charge is 0.247 e. The SMILES string of the molecule is CCOCCCNC(=O)CCCC(=O)n1nc(C)c2ccccc21. The molecule has 2 aromatic rings. The van der Waals surface area contributed by atoms with E-state index in [-0.39, 0.29) is 11.8 Å². The van der Waals surface area contributed by atoms with Crippen LogP contribution in [0.15, 0.2) is 24.3 Å². The number of ether oxygens (including phenoxy) is 1. The molecule has 130 valence electrons. The number of fused-ring (bicyclic) bond motifs is 1. The van der Waals surface area contributed by atoms with Gasteiger partial charge in [-0.1, -0.05) is 18.2 Å². The Hall–Kier alpha value is -2.21. The average Bonchev–Trinajstić information content (AvgIpc) is 2.92. The van der Waals surface area contributed by atoms with Crippen molar-refractivity contribution >= 4 is 22.7 Å². The van der Waals surface area contributed by atoms with Crippen LogP contribution in [0.2, 0.25) is 0 Å². The Labute approximate surface area is 142 Å². The molecule has 6 heteroatoms. The Bertz CT molecular complexity index is 694. The van der Waals surface area contributed by atoms with Gasteiger partial charge in [0.25, 0.3) is 0 Å². The van der Waals surface area contributed by atoms with Crippen molar-refractivity contribution in [2.45, 2.75) is 39.5 Å². The molecule has 0 aliphatic rings. The zero-order valence-electron chi connectivity index (χ0n) is 14.4. The zero-order chi connectivity index (χ0) is 17.4. The normalized spacial score (nSPS) is 10.9. The Morgan fingerprint density at radius 2 is 2.00 bits per heavy atom. The van der Waals surface area contributed by atoms with Crippen LogP contribution >= 0.6 is 0 Å².